The van der Waals surface area contributed by atoms with Crippen LogP contribution in [-0.4, -0.2) is 80.1 Å². The molecule has 1 saturated heterocycles. The number of halogens is 3. The number of alkyl halides is 3. The predicted octanol–water partition coefficient (Wildman–Crippen LogP) is 2.41. The number of piperazine rings is 1. The Hall–Kier alpha value is -1.97. The van der Waals surface area contributed by atoms with Gasteiger partial charge in [0.05, 0.1) is 12.2 Å². The number of hydrogen-bond donors (Lipinski definition) is 1. The minimum atomic E-state index is -4.28. The van der Waals surface area contributed by atoms with Crippen molar-refractivity contribution in [2.75, 3.05) is 57.8 Å². The molecular formula is C19H26F3N3O3. The normalized spacial score (nSPS) is 16.1. The van der Waals surface area contributed by atoms with Crippen molar-refractivity contribution in [2.24, 2.45) is 0 Å². The van der Waals surface area contributed by atoms with Crippen LogP contribution in [0.3, 0.4) is 0 Å². The van der Waals surface area contributed by atoms with E-state index in [-0.39, 0.29) is 24.8 Å². The van der Waals surface area contributed by atoms with Crippen molar-refractivity contribution < 1.29 is 27.5 Å². The highest BCUT2D eigenvalue weighted by Gasteiger charge is 2.27. The van der Waals surface area contributed by atoms with Crippen LogP contribution in [0.15, 0.2) is 24.3 Å². The average Bonchev–Trinajstić information content (AvgIpc) is 2.62. The van der Waals surface area contributed by atoms with E-state index in [0.29, 0.717) is 37.3 Å². The summed E-state index contributed by atoms with van der Waals surface area (Å²) < 4.78 is 40.6. The van der Waals surface area contributed by atoms with Crippen LogP contribution in [0, 0.1) is 0 Å². The summed E-state index contributed by atoms with van der Waals surface area (Å²) in [5.74, 6) is -0.286. The number of ketones is 1. The molecule has 1 aliphatic rings. The predicted molar refractivity (Wildman–Crippen MR) is 99.4 cm³/mol. The van der Waals surface area contributed by atoms with Crippen molar-refractivity contribution >= 4 is 17.4 Å². The number of carbonyl (C=O) groups is 2. The van der Waals surface area contributed by atoms with Gasteiger partial charge in [0.25, 0.3) is 0 Å². The van der Waals surface area contributed by atoms with Crippen molar-refractivity contribution in [1.82, 2.24) is 9.80 Å². The van der Waals surface area contributed by atoms with Gasteiger partial charge >= 0.3 is 6.18 Å². The molecule has 9 heteroatoms. The van der Waals surface area contributed by atoms with Gasteiger partial charge in [-0.25, -0.2) is 0 Å². The minimum absolute atomic E-state index is 0.0810. The number of carbonyl (C=O) groups excluding carboxylic acids is 2. The van der Waals surface area contributed by atoms with E-state index in [1.54, 1.807) is 24.3 Å². The SMILES string of the molecule is CC(=O)c1ccccc1NC(=O)CN1CCN(CCCOCC(F)(F)F)CC1. The first kappa shape index (κ1) is 22.3. The third kappa shape index (κ3) is 7.95. The largest absolute Gasteiger partial charge is 0.411 e. The standard InChI is InChI=1S/C19H26F3N3O3/c1-15(26)16-5-2-3-6-17(16)23-18(27)13-25-10-8-24(9-11-25)7-4-12-28-14-19(20,21)22/h2-3,5-6H,4,7-14H2,1H3,(H,23,27). The van der Waals surface area contributed by atoms with Gasteiger partial charge in [-0.3, -0.25) is 14.5 Å². The molecule has 1 aliphatic heterocycles. The topological polar surface area (TPSA) is 61.9 Å². The molecular weight excluding hydrogens is 375 g/mol. The monoisotopic (exact) mass is 401 g/mol. The lowest BCUT2D eigenvalue weighted by molar-refractivity contribution is -0.174. The zero-order valence-corrected chi connectivity index (χ0v) is 15.9. The molecule has 0 radical (unpaired) electrons. The van der Waals surface area contributed by atoms with Crippen LogP contribution in [0.5, 0.6) is 0 Å². The van der Waals surface area contributed by atoms with Crippen LogP contribution >= 0.6 is 0 Å². The molecule has 1 N–H and O–H groups in total. The van der Waals surface area contributed by atoms with Crippen LogP contribution in [0.2, 0.25) is 0 Å². The molecule has 6 nitrogen and oxygen atoms in total. The van der Waals surface area contributed by atoms with Gasteiger partial charge in [-0.2, -0.15) is 13.2 Å². The van der Waals surface area contributed by atoms with E-state index in [9.17, 15) is 22.8 Å². The Bertz CT molecular complexity index is 659. The quantitative estimate of drug-likeness (QED) is 0.509. The Morgan fingerprint density at radius 3 is 2.39 bits per heavy atom. The molecule has 0 saturated carbocycles. The number of hydrogen-bond acceptors (Lipinski definition) is 5. The first-order valence-electron chi connectivity index (χ1n) is 9.23. The number of nitrogens with zero attached hydrogens (tertiary/aromatic N) is 2. The molecule has 28 heavy (non-hydrogen) atoms. The molecule has 1 amide bonds. The van der Waals surface area contributed by atoms with E-state index in [4.69, 9.17) is 0 Å². The number of para-hydroxylation sites is 1. The van der Waals surface area contributed by atoms with Crippen LogP contribution in [0.1, 0.15) is 23.7 Å². The molecule has 1 fully saturated rings. The van der Waals surface area contributed by atoms with Crippen molar-refractivity contribution in [3.63, 3.8) is 0 Å². The summed E-state index contributed by atoms with van der Waals surface area (Å²) in [5, 5.41) is 2.79. The van der Waals surface area contributed by atoms with Gasteiger partial charge in [0.2, 0.25) is 5.91 Å². The van der Waals surface area contributed by atoms with E-state index in [0.717, 1.165) is 13.1 Å². The number of Topliss-reactive ketones (excluding diaryl/α,β-unsaturated/α-hetero) is 1. The molecule has 0 bridgehead atoms. The molecule has 2 rings (SSSR count). The molecule has 0 spiro atoms. The molecule has 1 aromatic carbocycles. The zero-order valence-electron chi connectivity index (χ0n) is 15.9. The third-order valence-electron chi connectivity index (χ3n) is 4.44. The number of benzene rings is 1. The van der Waals surface area contributed by atoms with Crippen molar-refractivity contribution in [2.45, 2.75) is 19.5 Å². The average molecular weight is 401 g/mol. The van der Waals surface area contributed by atoms with Gasteiger partial charge in [0.15, 0.2) is 5.78 Å². The van der Waals surface area contributed by atoms with Crippen LogP contribution in [0.25, 0.3) is 0 Å². The second-order valence-corrected chi connectivity index (χ2v) is 6.79. The molecule has 1 aromatic rings. The van der Waals surface area contributed by atoms with E-state index in [1.165, 1.54) is 6.92 Å². The maximum Gasteiger partial charge on any atom is 0.411 e. The number of rotatable bonds is 9. The number of ether oxygens (including phenoxy) is 1. The summed E-state index contributed by atoms with van der Waals surface area (Å²) in [6.07, 6.45) is -3.74. The lowest BCUT2D eigenvalue weighted by Gasteiger charge is -2.34. The summed E-state index contributed by atoms with van der Waals surface area (Å²) in [7, 11) is 0. The Morgan fingerprint density at radius 2 is 1.75 bits per heavy atom. The van der Waals surface area contributed by atoms with Gasteiger partial charge in [-0.05, 0) is 25.5 Å². The van der Waals surface area contributed by atoms with Crippen molar-refractivity contribution in [1.29, 1.82) is 0 Å². The van der Waals surface area contributed by atoms with Crippen molar-refractivity contribution in [3.05, 3.63) is 29.8 Å². The summed E-state index contributed by atoms with van der Waals surface area (Å²) in [5.41, 5.74) is 0.992. The van der Waals surface area contributed by atoms with Crippen molar-refractivity contribution in [3.8, 4) is 0 Å². The lowest BCUT2D eigenvalue weighted by atomic mass is 10.1. The third-order valence-corrected chi connectivity index (χ3v) is 4.44. The lowest BCUT2D eigenvalue weighted by Crippen LogP contribution is -2.48. The highest BCUT2D eigenvalue weighted by atomic mass is 19.4. The van der Waals surface area contributed by atoms with Gasteiger partial charge in [-0.1, -0.05) is 12.1 Å². The molecule has 0 aromatic heterocycles. The number of nitrogens with one attached hydrogen (secondary N) is 1. The smallest absolute Gasteiger partial charge is 0.372 e. The highest BCUT2D eigenvalue weighted by Crippen LogP contribution is 2.16. The molecule has 1 heterocycles. The summed E-state index contributed by atoms with van der Waals surface area (Å²) >= 11 is 0. The minimum Gasteiger partial charge on any atom is -0.372 e. The second-order valence-electron chi connectivity index (χ2n) is 6.79. The van der Waals surface area contributed by atoms with Crippen LogP contribution < -0.4 is 5.32 Å². The van der Waals surface area contributed by atoms with E-state index in [2.05, 4.69) is 15.0 Å². The van der Waals surface area contributed by atoms with Crippen LogP contribution in [-0.2, 0) is 9.53 Å². The maximum absolute atomic E-state index is 12.3. The molecule has 156 valence electrons. The van der Waals surface area contributed by atoms with E-state index in [1.807, 2.05) is 4.90 Å². The number of anilines is 1. The highest BCUT2D eigenvalue weighted by molar-refractivity contribution is 6.04. The van der Waals surface area contributed by atoms with Gasteiger partial charge < -0.3 is 15.0 Å². The summed E-state index contributed by atoms with van der Waals surface area (Å²) in [6.45, 7) is 4.13. The Kier molecular flexibility index (Phi) is 8.40. The fourth-order valence-electron chi connectivity index (χ4n) is 3.04. The van der Waals surface area contributed by atoms with Gasteiger partial charge in [-0.15, -0.1) is 0 Å². The fraction of sp³-hybridized carbons (Fsp3) is 0.579. The number of amides is 1. The van der Waals surface area contributed by atoms with Gasteiger partial charge in [0.1, 0.15) is 6.61 Å². The molecule has 0 aliphatic carbocycles. The summed E-state index contributed by atoms with van der Waals surface area (Å²) in [4.78, 5) is 28.1. The Labute approximate surface area is 162 Å². The first-order valence-corrected chi connectivity index (χ1v) is 9.23. The Morgan fingerprint density at radius 1 is 1.11 bits per heavy atom. The van der Waals surface area contributed by atoms with Gasteiger partial charge in [0, 0.05) is 44.9 Å². The summed E-state index contributed by atoms with van der Waals surface area (Å²) in [6, 6.07) is 6.89. The van der Waals surface area contributed by atoms with E-state index >= 15 is 0 Å². The Balaban J connectivity index is 1.66. The molecule has 0 atom stereocenters. The molecule has 0 unspecified atom stereocenters. The second kappa shape index (κ2) is 10.5. The maximum atomic E-state index is 12.3. The fourth-order valence-corrected chi connectivity index (χ4v) is 3.04. The van der Waals surface area contributed by atoms with Crippen LogP contribution in [0.4, 0.5) is 18.9 Å². The first-order chi connectivity index (χ1) is 13.2. The van der Waals surface area contributed by atoms with E-state index < -0.39 is 12.8 Å². The zero-order chi connectivity index (χ0) is 20.6.